The topological polar surface area (TPSA) is 119 Å². The number of hydrogen-bond acceptors (Lipinski definition) is 7. The fraction of sp³-hybridized carbons (Fsp3) is 0.148. The first-order chi connectivity index (χ1) is 18.8. The number of benzene rings is 3. The number of imide groups is 1. The van der Waals surface area contributed by atoms with Gasteiger partial charge >= 0.3 is 11.9 Å². The van der Waals surface area contributed by atoms with E-state index in [0.717, 1.165) is 22.1 Å². The maximum Gasteiger partial charge on any atom is 0.416 e. The maximum atomic E-state index is 13.0. The van der Waals surface area contributed by atoms with Gasteiger partial charge in [0.25, 0.3) is 11.1 Å². The lowest BCUT2D eigenvalue weighted by atomic mass is 10.1. The highest BCUT2D eigenvalue weighted by atomic mass is 32.2. The van der Waals surface area contributed by atoms with Crippen molar-refractivity contribution in [3.8, 4) is 11.5 Å². The molecule has 3 aromatic rings. The van der Waals surface area contributed by atoms with Crippen LogP contribution in [0, 0.1) is 24.0 Å². The van der Waals surface area contributed by atoms with Crippen LogP contribution in [-0.2, 0) is 15.8 Å². The molecule has 0 atom stereocenters. The van der Waals surface area contributed by atoms with Crippen molar-refractivity contribution in [2.45, 2.75) is 20.0 Å². The summed E-state index contributed by atoms with van der Waals surface area (Å²) in [5.74, 6) is -1.60. The Labute approximate surface area is 229 Å². The van der Waals surface area contributed by atoms with E-state index in [-0.39, 0.29) is 10.7 Å². The number of nitro benzene ring substituents is 1. The molecule has 1 aliphatic heterocycles. The number of halogens is 3. The second kappa shape index (κ2) is 11.2. The van der Waals surface area contributed by atoms with Crippen molar-refractivity contribution in [2.75, 3.05) is 11.9 Å². The van der Waals surface area contributed by atoms with Gasteiger partial charge in [-0.15, -0.1) is 0 Å². The van der Waals surface area contributed by atoms with Gasteiger partial charge in [0.1, 0.15) is 12.3 Å². The van der Waals surface area contributed by atoms with E-state index in [4.69, 9.17) is 4.74 Å². The van der Waals surface area contributed by atoms with Gasteiger partial charge in [-0.2, -0.15) is 13.2 Å². The van der Waals surface area contributed by atoms with Crippen LogP contribution >= 0.6 is 11.8 Å². The average molecular weight is 572 g/mol. The van der Waals surface area contributed by atoms with Crippen LogP contribution in [0.3, 0.4) is 0 Å². The lowest BCUT2D eigenvalue weighted by molar-refractivity contribution is -0.385. The van der Waals surface area contributed by atoms with Crippen LogP contribution in [0.15, 0.2) is 65.6 Å². The molecule has 9 nitrogen and oxygen atoms in total. The highest BCUT2D eigenvalue weighted by Crippen LogP contribution is 2.38. The van der Waals surface area contributed by atoms with E-state index < -0.39 is 51.7 Å². The van der Waals surface area contributed by atoms with Crippen molar-refractivity contribution in [1.82, 2.24) is 4.90 Å². The van der Waals surface area contributed by atoms with Gasteiger partial charge in [-0.25, -0.2) is 0 Å². The number of nitrogens with one attached hydrogen (secondary N) is 1. The summed E-state index contributed by atoms with van der Waals surface area (Å²) in [5, 5.41) is 13.4. The smallest absolute Gasteiger partial charge is 0.416 e. The van der Waals surface area contributed by atoms with E-state index in [2.05, 4.69) is 5.32 Å². The number of carbonyl (C=O) groups excluding carboxylic acids is 3. The zero-order valence-corrected chi connectivity index (χ0v) is 21.8. The summed E-state index contributed by atoms with van der Waals surface area (Å²) in [6.45, 7) is 3.23. The maximum absolute atomic E-state index is 13.0. The zero-order valence-electron chi connectivity index (χ0n) is 20.9. The third kappa shape index (κ3) is 6.31. The minimum atomic E-state index is -4.77. The second-order valence-electron chi connectivity index (χ2n) is 8.68. The molecule has 0 spiro atoms. The van der Waals surface area contributed by atoms with E-state index in [1.54, 1.807) is 18.2 Å². The third-order valence-electron chi connectivity index (χ3n) is 5.92. The summed E-state index contributed by atoms with van der Waals surface area (Å²) < 4.78 is 44.4. The first kappa shape index (κ1) is 28.4. The standard InChI is InChI=1S/C27H20F3N3O6S/c1-15-5-3-8-20(16(15)2)31-24(34)14-32-25(35)23(40-26(32)36)12-17-6-4-7-19(11-17)39-22-10-9-18(27(28,29)30)13-21(22)33(37)38/h3-13H,14H2,1-2H3,(H,31,34)/b23-12+. The first-order valence-electron chi connectivity index (χ1n) is 11.6. The lowest BCUT2D eigenvalue weighted by Gasteiger charge is -2.14. The molecule has 206 valence electrons. The molecule has 4 rings (SSSR count). The predicted octanol–water partition coefficient (Wildman–Crippen LogP) is 6.70. The average Bonchev–Trinajstić information content (AvgIpc) is 3.13. The van der Waals surface area contributed by atoms with Gasteiger partial charge in [0.2, 0.25) is 11.7 Å². The Morgan fingerprint density at radius 3 is 2.52 bits per heavy atom. The minimum absolute atomic E-state index is 0.0298. The van der Waals surface area contributed by atoms with E-state index >= 15 is 0 Å². The number of carbonyl (C=O) groups is 3. The molecule has 1 N–H and O–H groups in total. The number of aryl methyl sites for hydroxylation is 1. The summed E-state index contributed by atoms with van der Waals surface area (Å²) in [6, 6.07) is 13.1. The Kier molecular flexibility index (Phi) is 7.96. The number of nitrogens with zero attached hydrogens (tertiary/aromatic N) is 2. The summed E-state index contributed by atoms with van der Waals surface area (Å²) in [5.41, 5.74) is 0.689. The molecular formula is C27H20F3N3O6S. The van der Waals surface area contributed by atoms with Gasteiger partial charge in [-0.05, 0) is 78.7 Å². The molecule has 0 aromatic heterocycles. The number of rotatable bonds is 7. The Morgan fingerprint density at radius 1 is 1.10 bits per heavy atom. The van der Waals surface area contributed by atoms with E-state index in [1.807, 2.05) is 19.9 Å². The Balaban J connectivity index is 1.49. The fourth-order valence-corrected chi connectivity index (χ4v) is 4.56. The fourth-order valence-electron chi connectivity index (χ4n) is 3.72. The second-order valence-corrected chi connectivity index (χ2v) is 9.67. The van der Waals surface area contributed by atoms with Crippen molar-refractivity contribution in [3.05, 3.63) is 97.9 Å². The molecule has 0 unspecified atom stereocenters. The first-order valence-corrected chi connectivity index (χ1v) is 12.4. The molecule has 1 fully saturated rings. The molecule has 3 aromatic carbocycles. The van der Waals surface area contributed by atoms with Gasteiger partial charge in [-0.1, -0.05) is 24.3 Å². The Morgan fingerprint density at radius 2 is 1.82 bits per heavy atom. The van der Waals surface area contributed by atoms with Crippen LogP contribution in [-0.4, -0.2) is 33.4 Å². The summed E-state index contributed by atoms with van der Waals surface area (Å²) in [6.07, 6.45) is -3.39. The van der Waals surface area contributed by atoms with Crippen molar-refractivity contribution >= 4 is 46.3 Å². The SMILES string of the molecule is Cc1cccc(NC(=O)CN2C(=O)S/C(=C/c3cccc(Oc4ccc(C(F)(F)F)cc4[N+](=O)[O-])c3)C2=O)c1C. The molecule has 0 radical (unpaired) electrons. The molecule has 0 saturated carbocycles. The van der Waals surface area contributed by atoms with Crippen molar-refractivity contribution in [2.24, 2.45) is 0 Å². The van der Waals surface area contributed by atoms with Crippen LogP contribution in [0.1, 0.15) is 22.3 Å². The molecule has 1 saturated heterocycles. The van der Waals surface area contributed by atoms with Gasteiger partial charge in [0.05, 0.1) is 15.4 Å². The molecule has 40 heavy (non-hydrogen) atoms. The molecule has 3 amide bonds. The number of thioether (sulfide) groups is 1. The molecule has 0 bridgehead atoms. The van der Waals surface area contributed by atoms with Gasteiger partial charge in [-0.3, -0.25) is 29.4 Å². The predicted molar refractivity (Wildman–Crippen MR) is 142 cm³/mol. The molecule has 13 heteroatoms. The van der Waals surface area contributed by atoms with Crippen LogP contribution in [0.25, 0.3) is 6.08 Å². The van der Waals surface area contributed by atoms with Crippen LogP contribution in [0.2, 0.25) is 0 Å². The van der Waals surface area contributed by atoms with Crippen molar-refractivity contribution in [1.29, 1.82) is 0 Å². The highest BCUT2D eigenvalue weighted by Gasteiger charge is 2.36. The summed E-state index contributed by atoms with van der Waals surface area (Å²) in [7, 11) is 0. The molecular weight excluding hydrogens is 551 g/mol. The van der Waals surface area contributed by atoms with Gasteiger partial charge < -0.3 is 10.1 Å². The van der Waals surface area contributed by atoms with Crippen LogP contribution in [0.4, 0.5) is 29.3 Å². The number of nitro groups is 1. The van der Waals surface area contributed by atoms with E-state index in [1.165, 1.54) is 24.3 Å². The number of alkyl halides is 3. The van der Waals surface area contributed by atoms with E-state index in [9.17, 15) is 37.7 Å². The normalized spacial score (nSPS) is 14.5. The van der Waals surface area contributed by atoms with Crippen molar-refractivity contribution in [3.63, 3.8) is 0 Å². The monoisotopic (exact) mass is 571 g/mol. The quantitative estimate of drug-likeness (QED) is 0.190. The summed E-state index contributed by atoms with van der Waals surface area (Å²) in [4.78, 5) is 49.1. The molecule has 0 aliphatic carbocycles. The minimum Gasteiger partial charge on any atom is -0.450 e. The number of hydrogen-bond donors (Lipinski definition) is 1. The number of ether oxygens (including phenoxy) is 1. The number of anilines is 1. The van der Waals surface area contributed by atoms with E-state index in [0.29, 0.717) is 35.1 Å². The van der Waals surface area contributed by atoms with Gasteiger partial charge in [0.15, 0.2) is 0 Å². The zero-order chi connectivity index (χ0) is 29.2. The largest absolute Gasteiger partial charge is 0.450 e. The third-order valence-corrected chi connectivity index (χ3v) is 6.83. The highest BCUT2D eigenvalue weighted by molar-refractivity contribution is 8.18. The summed E-state index contributed by atoms with van der Waals surface area (Å²) >= 11 is 0.632. The molecule has 1 aliphatic rings. The van der Waals surface area contributed by atoms with Crippen LogP contribution in [0.5, 0.6) is 11.5 Å². The molecule has 1 heterocycles. The van der Waals surface area contributed by atoms with Crippen molar-refractivity contribution < 1.29 is 37.2 Å². The number of amides is 3. The lowest BCUT2D eigenvalue weighted by Crippen LogP contribution is -2.36. The Hall–Kier alpha value is -4.65. The van der Waals surface area contributed by atoms with Crippen LogP contribution < -0.4 is 10.1 Å². The van der Waals surface area contributed by atoms with Gasteiger partial charge in [0, 0.05) is 11.8 Å². The Bertz CT molecular complexity index is 1570.